The lowest BCUT2D eigenvalue weighted by molar-refractivity contribution is 0.484. The fourth-order valence-electron chi connectivity index (χ4n) is 1.75. The van der Waals surface area contributed by atoms with Crippen LogP contribution in [0.25, 0.3) is 0 Å². The van der Waals surface area contributed by atoms with E-state index in [9.17, 15) is 0 Å². The van der Waals surface area contributed by atoms with Crippen LogP contribution in [0.5, 0.6) is 0 Å². The normalized spacial score (nSPS) is 14.7. The second-order valence-electron chi connectivity index (χ2n) is 4.48. The lowest BCUT2D eigenvalue weighted by atomic mass is 10.0. The van der Waals surface area contributed by atoms with Crippen molar-refractivity contribution in [2.45, 2.75) is 46.6 Å². The summed E-state index contributed by atoms with van der Waals surface area (Å²) in [6.07, 6.45) is 4.33. The molecule has 0 radical (unpaired) electrons. The molecule has 0 bridgehead atoms. The van der Waals surface area contributed by atoms with Crippen LogP contribution in [-0.4, -0.2) is 11.0 Å². The molecule has 1 rings (SSSR count). The van der Waals surface area contributed by atoms with Crippen molar-refractivity contribution in [3.8, 4) is 0 Å². The maximum Gasteiger partial charge on any atom is 0.0393 e. The summed E-state index contributed by atoms with van der Waals surface area (Å²) in [7, 11) is 0. The van der Waals surface area contributed by atoms with E-state index in [4.69, 9.17) is 0 Å². The second kappa shape index (κ2) is 5.74. The summed E-state index contributed by atoms with van der Waals surface area (Å²) in [6, 6.07) is 4.65. The van der Waals surface area contributed by atoms with Crippen LogP contribution < -0.4 is 5.32 Å². The zero-order valence-corrected chi connectivity index (χ0v) is 10.2. The highest BCUT2D eigenvalue weighted by atomic mass is 14.9. The minimum atomic E-state index is 0.529. The number of aromatic nitrogens is 1. The fraction of sp³-hybridized carbons (Fsp3) is 0.615. The van der Waals surface area contributed by atoms with E-state index >= 15 is 0 Å². The summed E-state index contributed by atoms with van der Waals surface area (Å²) in [5.74, 6) is 0.787. The van der Waals surface area contributed by atoms with Gasteiger partial charge in [-0.1, -0.05) is 20.3 Å². The molecule has 0 aromatic carbocycles. The van der Waals surface area contributed by atoms with Gasteiger partial charge < -0.3 is 5.32 Å². The van der Waals surface area contributed by atoms with Crippen molar-refractivity contribution in [3.05, 3.63) is 24.0 Å². The summed E-state index contributed by atoms with van der Waals surface area (Å²) in [6.45, 7) is 8.80. The van der Waals surface area contributed by atoms with Gasteiger partial charge in [0, 0.05) is 23.6 Å². The van der Waals surface area contributed by atoms with Gasteiger partial charge in [-0.25, -0.2) is 0 Å². The van der Waals surface area contributed by atoms with E-state index in [1.165, 1.54) is 18.5 Å². The lowest BCUT2D eigenvalue weighted by Crippen LogP contribution is -2.18. The molecule has 0 spiro atoms. The summed E-state index contributed by atoms with van der Waals surface area (Å²) in [5, 5.41) is 3.51. The molecule has 2 atom stereocenters. The maximum absolute atomic E-state index is 4.18. The molecule has 1 heterocycles. The first-order valence-corrected chi connectivity index (χ1v) is 5.81. The molecule has 1 aromatic rings. The van der Waals surface area contributed by atoms with E-state index < -0.39 is 0 Å². The van der Waals surface area contributed by atoms with Crippen molar-refractivity contribution in [2.75, 3.05) is 5.32 Å². The Kier molecular flexibility index (Phi) is 4.60. The fourth-order valence-corrected chi connectivity index (χ4v) is 1.75. The van der Waals surface area contributed by atoms with Crippen molar-refractivity contribution >= 4 is 5.69 Å². The van der Waals surface area contributed by atoms with Crippen molar-refractivity contribution in [1.82, 2.24) is 4.98 Å². The SMILES string of the molecule is CCC(C)CC(C)Nc1ccnc(C)c1. The number of pyridine rings is 1. The zero-order valence-electron chi connectivity index (χ0n) is 10.2. The molecule has 0 aliphatic carbocycles. The Bertz CT molecular complexity index is 296. The van der Waals surface area contributed by atoms with Crippen molar-refractivity contribution < 1.29 is 0 Å². The minimum Gasteiger partial charge on any atom is -0.382 e. The van der Waals surface area contributed by atoms with Crippen LogP contribution in [0.15, 0.2) is 18.3 Å². The van der Waals surface area contributed by atoms with Gasteiger partial charge in [0.1, 0.15) is 0 Å². The van der Waals surface area contributed by atoms with E-state index in [-0.39, 0.29) is 0 Å². The second-order valence-corrected chi connectivity index (χ2v) is 4.48. The molecule has 0 aliphatic heterocycles. The first-order chi connectivity index (χ1) is 7.11. The largest absolute Gasteiger partial charge is 0.382 e. The first kappa shape index (κ1) is 12.0. The maximum atomic E-state index is 4.18. The Morgan fingerprint density at radius 1 is 1.40 bits per heavy atom. The van der Waals surface area contributed by atoms with Gasteiger partial charge in [-0.3, -0.25) is 4.98 Å². The molecule has 0 amide bonds. The van der Waals surface area contributed by atoms with Crippen LogP contribution in [0.3, 0.4) is 0 Å². The molecule has 1 N–H and O–H groups in total. The third-order valence-electron chi connectivity index (χ3n) is 2.76. The standard InChI is InChI=1S/C13H22N2/c1-5-10(2)8-12(4)15-13-6-7-14-11(3)9-13/h6-7,9-10,12H,5,8H2,1-4H3,(H,14,15). The summed E-state index contributed by atoms with van der Waals surface area (Å²) in [4.78, 5) is 4.18. The highest BCUT2D eigenvalue weighted by Gasteiger charge is 2.06. The van der Waals surface area contributed by atoms with Gasteiger partial charge in [0.2, 0.25) is 0 Å². The number of hydrogen-bond acceptors (Lipinski definition) is 2. The topological polar surface area (TPSA) is 24.9 Å². The van der Waals surface area contributed by atoms with E-state index in [1.807, 2.05) is 19.2 Å². The highest BCUT2D eigenvalue weighted by molar-refractivity contribution is 5.43. The summed E-state index contributed by atoms with van der Waals surface area (Å²) >= 11 is 0. The number of nitrogens with one attached hydrogen (secondary N) is 1. The predicted octanol–water partition coefficient (Wildman–Crippen LogP) is 3.63. The van der Waals surface area contributed by atoms with Gasteiger partial charge in [-0.2, -0.15) is 0 Å². The summed E-state index contributed by atoms with van der Waals surface area (Å²) in [5.41, 5.74) is 2.24. The number of hydrogen-bond donors (Lipinski definition) is 1. The third-order valence-corrected chi connectivity index (χ3v) is 2.76. The minimum absolute atomic E-state index is 0.529. The lowest BCUT2D eigenvalue weighted by Gasteiger charge is -2.18. The van der Waals surface area contributed by atoms with E-state index in [0.717, 1.165) is 11.6 Å². The van der Waals surface area contributed by atoms with Gasteiger partial charge in [-0.05, 0) is 38.3 Å². The molecule has 0 fully saturated rings. The first-order valence-electron chi connectivity index (χ1n) is 5.81. The highest BCUT2D eigenvalue weighted by Crippen LogP contribution is 2.14. The molecule has 2 unspecified atom stereocenters. The van der Waals surface area contributed by atoms with Crippen LogP contribution in [0.2, 0.25) is 0 Å². The molecular formula is C13H22N2. The molecule has 0 saturated heterocycles. The molecule has 0 aliphatic rings. The number of rotatable bonds is 5. The molecule has 2 nitrogen and oxygen atoms in total. The molecule has 2 heteroatoms. The van der Waals surface area contributed by atoms with Crippen molar-refractivity contribution in [3.63, 3.8) is 0 Å². The summed E-state index contributed by atoms with van der Waals surface area (Å²) < 4.78 is 0. The Morgan fingerprint density at radius 2 is 2.13 bits per heavy atom. The molecule has 1 aromatic heterocycles. The van der Waals surface area contributed by atoms with Gasteiger partial charge in [0.15, 0.2) is 0 Å². The monoisotopic (exact) mass is 206 g/mol. The number of anilines is 1. The van der Waals surface area contributed by atoms with Gasteiger partial charge in [-0.15, -0.1) is 0 Å². The Hall–Kier alpha value is -1.05. The quantitative estimate of drug-likeness (QED) is 0.795. The van der Waals surface area contributed by atoms with E-state index in [0.29, 0.717) is 6.04 Å². The van der Waals surface area contributed by atoms with Gasteiger partial charge >= 0.3 is 0 Å². The molecular weight excluding hydrogens is 184 g/mol. The van der Waals surface area contributed by atoms with E-state index in [1.54, 1.807) is 0 Å². The van der Waals surface area contributed by atoms with Crippen LogP contribution in [0.4, 0.5) is 5.69 Å². The molecule has 15 heavy (non-hydrogen) atoms. The Morgan fingerprint density at radius 3 is 2.73 bits per heavy atom. The van der Waals surface area contributed by atoms with Gasteiger partial charge in [0.25, 0.3) is 0 Å². The average molecular weight is 206 g/mol. The van der Waals surface area contributed by atoms with E-state index in [2.05, 4.69) is 37.1 Å². The Balaban J connectivity index is 2.47. The number of aryl methyl sites for hydroxylation is 1. The van der Waals surface area contributed by atoms with Crippen molar-refractivity contribution in [1.29, 1.82) is 0 Å². The van der Waals surface area contributed by atoms with Crippen LogP contribution in [0.1, 0.15) is 39.3 Å². The average Bonchev–Trinajstić information content (AvgIpc) is 2.17. The van der Waals surface area contributed by atoms with Crippen LogP contribution in [-0.2, 0) is 0 Å². The third kappa shape index (κ3) is 4.32. The zero-order chi connectivity index (χ0) is 11.3. The smallest absolute Gasteiger partial charge is 0.0393 e. The Labute approximate surface area is 93.1 Å². The van der Waals surface area contributed by atoms with Crippen LogP contribution in [0, 0.1) is 12.8 Å². The van der Waals surface area contributed by atoms with Crippen LogP contribution >= 0.6 is 0 Å². The number of nitrogens with zero attached hydrogens (tertiary/aromatic N) is 1. The predicted molar refractivity (Wildman–Crippen MR) is 66.1 cm³/mol. The van der Waals surface area contributed by atoms with Gasteiger partial charge in [0.05, 0.1) is 0 Å². The molecule has 84 valence electrons. The van der Waals surface area contributed by atoms with Crippen molar-refractivity contribution in [2.24, 2.45) is 5.92 Å². The molecule has 0 saturated carbocycles.